The molecule has 0 aliphatic rings. The molecule has 0 spiro atoms. The predicted octanol–water partition coefficient (Wildman–Crippen LogP) is 1.56. The van der Waals surface area contributed by atoms with E-state index in [2.05, 4.69) is 0 Å². The Morgan fingerprint density at radius 3 is 2.69 bits per heavy atom. The second-order valence-electron chi connectivity index (χ2n) is 3.61. The van der Waals surface area contributed by atoms with Crippen LogP contribution in [0.4, 0.5) is 5.69 Å². The second kappa shape index (κ2) is 5.30. The highest BCUT2D eigenvalue weighted by atomic mass is 16.5. The number of carbonyl (C=O) groups excluding carboxylic acids is 2. The highest BCUT2D eigenvalue weighted by molar-refractivity contribution is 5.89. The molecule has 0 fully saturated rings. The van der Waals surface area contributed by atoms with E-state index in [-0.39, 0.29) is 12.3 Å². The van der Waals surface area contributed by atoms with Crippen LogP contribution in [0, 0.1) is 6.92 Å². The lowest BCUT2D eigenvalue weighted by atomic mass is 10.2. The maximum Gasteiger partial charge on any atom is 0.214 e. The Kier molecular flexibility index (Phi) is 4.05. The molecule has 4 nitrogen and oxygen atoms in total. The number of carbonyl (C=O) groups is 2. The van der Waals surface area contributed by atoms with Crippen molar-refractivity contribution < 1.29 is 14.3 Å². The number of Topliss-reactive ketones (excluding diaryl/α,β-unsaturated/α-hetero) is 1. The average Bonchev–Trinajstić information content (AvgIpc) is 2.25. The highest BCUT2D eigenvalue weighted by Crippen LogP contribution is 2.28. The zero-order chi connectivity index (χ0) is 12.1. The van der Waals surface area contributed by atoms with Gasteiger partial charge in [0.05, 0.1) is 19.3 Å². The van der Waals surface area contributed by atoms with Crippen molar-refractivity contribution in [3.05, 3.63) is 23.8 Å². The van der Waals surface area contributed by atoms with Gasteiger partial charge < -0.3 is 9.64 Å². The molecule has 1 amide bonds. The second-order valence-corrected chi connectivity index (χ2v) is 3.61. The summed E-state index contributed by atoms with van der Waals surface area (Å²) in [5, 5.41) is 0. The lowest BCUT2D eigenvalue weighted by Crippen LogP contribution is -2.27. The number of methoxy groups -OCH3 is 1. The SMILES string of the molecule is COc1cc(C)ccc1N(C=O)CC(C)=O. The smallest absolute Gasteiger partial charge is 0.214 e. The Bertz CT molecular complexity index is 401. The topological polar surface area (TPSA) is 46.6 Å². The van der Waals surface area contributed by atoms with Crippen molar-refractivity contribution in [2.45, 2.75) is 13.8 Å². The van der Waals surface area contributed by atoms with Gasteiger partial charge >= 0.3 is 0 Å². The average molecular weight is 221 g/mol. The Morgan fingerprint density at radius 2 is 2.19 bits per heavy atom. The number of amides is 1. The summed E-state index contributed by atoms with van der Waals surface area (Å²) < 4.78 is 5.18. The molecule has 1 aromatic carbocycles. The maximum atomic E-state index is 11.0. The van der Waals surface area contributed by atoms with Crippen molar-refractivity contribution in [3.8, 4) is 5.75 Å². The molecule has 1 aromatic rings. The van der Waals surface area contributed by atoms with Gasteiger partial charge in [0.2, 0.25) is 6.41 Å². The number of hydrogen-bond donors (Lipinski definition) is 0. The van der Waals surface area contributed by atoms with Crippen LogP contribution in [-0.4, -0.2) is 25.8 Å². The number of rotatable bonds is 5. The molecule has 0 N–H and O–H groups in total. The summed E-state index contributed by atoms with van der Waals surface area (Å²) in [4.78, 5) is 23.3. The molecule has 0 saturated carbocycles. The van der Waals surface area contributed by atoms with E-state index in [0.29, 0.717) is 17.8 Å². The van der Waals surface area contributed by atoms with E-state index < -0.39 is 0 Å². The van der Waals surface area contributed by atoms with Crippen molar-refractivity contribution in [1.29, 1.82) is 0 Å². The number of anilines is 1. The summed E-state index contributed by atoms with van der Waals surface area (Å²) in [6.07, 6.45) is 0.634. The van der Waals surface area contributed by atoms with Crippen LogP contribution in [-0.2, 0) is 9.59 Å². The zero-order valence-electron chi connectivity index (χ0n) is 9.69. The number of benzene rings is 1. The van der Waals surface area contributed by atoms with Crippen molar-refractivity contribution in [2.24, 2.45) is 0 Å². The fraction of sp³-hybridized carbons (Fsp3) is 0.333. The normalized spacial score (nSPS) is 9.69. The van der Waals surface area contributed by atoms with Gasteiger partial charge in [-0.3, -0.25) is 9.59 Å². The Balaban J connectivity index is 3.08. The first-order valence-corrected chi connectivity index (χ1v) is 4.94. The molecule has 0 radical (unpaired) electrons. The first-order valence-electron chi connectivity index (χ1n) is 4.94. The molecule has 0 aromatic heterocycles. The summed E-state index contributed by atoms with van der Waals surface area (Å²) in [5.41, 5.74) is 1.65. The molecular weight excluding hydrogens is 206 g/mol. The van der Waals surface area contributed by atoms with Gasteiger partial charge in [0.25, 0.3) is 0 Å². The first kappa shape index (κ1) is 12.2. The largest absolute Gasteiger partial charge is 0.495 e. The number of ketones is 1. The molecule has 16 heavy (non-hydrogen) atoms. The summed E-state index contributed by atoms with van der Waals surface area (Å²) in [5.74, 6) is 0.517. The third-order valence-electron chi connectivity index (χ3n) is 2.16. The van der Waals surface area contributed by atoms with E-state index in [0.717, 1.165) is 5.56 Å². The number of aryl methyl sites for hydroxylation is 1. The molecular formula is C12H15NO3. The van der Waals surface area contributed by atoms with E-state index in [9.17, 15) is 9.59 Å². The van der Waals surface area contributed by atoms with E-state index in [1.54, 1.807) is 6.07 Å². The van der Waals surface area contributed by atoms with Crippen LogP contribution in [0.2, 0.25) is 0 Å². The fourth-order valence-electron chi connectivity index (χ4n) is 1.44. The molecule has 4 heteroatoms. The first-order chi connectivity index (χ1) is 7.58. The Hall–Kier alpha value is -1.84. The standard InChI is InChI=1S/C12H15NO3/c1-9-4-5-11(12(6-9)16-3)13(8-14)7-10(2)15/h4-6,8H,7H2,1-3H3. The third kappa shape index (κ3) is 2.82. The Labute approximate surface area is 94.8 Å². The van der Waals surface area contributed by atoms with Crippen LogP contribution in [0.3, 0.4) is 0 Å². The van der Waals surface area contributed by atoms with Crippen LogP contribution >= 0.6 is 0 Å². The molecule has 0 atom stereocenters. The Morgan fingerprint density at radius 1 is 1.50 bits per heavy atom. The van der Waals surface area contributed by atoms with Crippen LogP contribution in [0.25, 0.3) is 0 Å². The molecule has 0 heterocycles. The van der Waals surface area contributed by atoms with E-state index in [1.165, 1.54) is 18.9 Å². The zero-order valence-corrected chi connectivity index (χ0v) is 9.69. The highest BCUT2D eigenvalue weighted by Gasteiger charge is 2.12. The van der Waals surface area contributed by atoms with Gasteiger partial charge in [-0.15, -0.1) is 0 Å². The molecule has 0 saturated heterocycles. The van der Waals surface area contributed by atoms with Gasteiger partial charge in [-0.2, -0.15) is 0 Å². The van der Waals surface area contributed by atoms with Gasteiger partial charge in [0.1, 0.15) is 11.5 Å². The number of ether oxygens (including phenoxy) is 1. The van der Waals surface area contributed by atoms with Gasteiger partial charge in [-0.1, -0.05) is 6.07 Å². The van der Waals surface area contributed by atoms with Crippen LogP contribution in [0.15, 0.2) is 18.2 Å². The summed E-state index contributed by atoms with van der Waals surface area (Å²) >= 11 is 0. The summed E-state index contributed by atoms with van der Waals surface area (Å²) in [6, 6.07) is 5.46. The lowest BCUT2D eigenvalue weighted by Gasteiger charge is -2.19. The quantitative estimate of drug-likeness (QED) is 0.709. The minimum atomic E-state index is -0.0743. The predicted molar refractivity (Wildman–Crippen MR) is 61.8 cm³/mol. The molecule has 0 aliphatic heterocycles. The van der Waals surface area contributed by atoms with Gasteiger partial charge in [0.15, 0.2) is 0 Å². The fourth-order valence-corrected chi connectivity index (χ4v) is 1.44. The molecule has 1 rings (SSSR count). The summed E-state index contributed by atoms with van der Waals surface area (Å²) in [7, 11) is 1.54. The molecule has 0 unspecified atom stereocenters. The van der Waals surface area contributed by atoms with E-state index in [1.807, 2.05) is 19.1 Å². The number of nitrogens with zero attached hydrogens (tertiary/aromatic N) is 1. The van der Waals surface area contributed by atoms with Crippen LogP contribution < -0.4 is 9.64 Å². The summed E-state index contributed by atoms with van der Waals surface area (Å²) in [6.45, 7) is 3.43. The minimum absolute atomic E-state index is 0.0585. The maximum absolute atomic E-state index is 11.0. The van der Waals surface area contributed by atoms with Crippen LogP contribution in [0.5, 0.6) is 5.75 Å². The lowest BCUT2D eigenvalue weighted by molar-refractivity contribution is -0.117. The van der Waals surface area contributed by atoms with E-state index in [4.69, 9.17) is 4.74 Å². The monoisotopic (exact) mass is 221 g/mol. The van der Waals surface area contributed by atoms with Gasteiger partial charge in [0, 0.05) is 0 Å². The van der Waals surface area contributed by atoms with Gasteiger partial charge in [-0.05, 0) is 31.5 Å². The van der Waals surface area contributed by atoms with Crippen LogP contribution in [0.1, 0.15) is 12.5 Å². The van der Waals surface area contributed by atoms with Crippen molar-refractivity contribution in [1.82, 2.24) is 0 Å². The minimum Gasteiger partial charge on any atom is -0.495 e. The number of hydrogen-bond acceptors (Lipinski definition) is 3. The van der Waals surface area contributed by atoms with Crippen molar-refractivity contribution in [3.63, 3.8) is 0 Å². The van der Waals surface area contributed by atoms with Crippen molar-refractivity contribution >= 4 is 17.9 Å². The van der Waals surface area contributed by atoms with E-state index >= 15 is 0 Å². The van der Waals surface area contributed by atoms with Gasteiger partial charge in [-0.25, -0.2) is 0 Å². The third-order valence-corrected chi connectivity index (χ3v) is 2.16. The molecule has 0 aliphatic carbocycles. The molecule has 0 bridgehead atoms. The van der Waals surface area contributed by atoms with Crippen molar-refractivity contribution in [2.75, 3.05) is 18.6 Å². The molecule has 86 valence electrons.